The Labute approximate surface area is 339 Å². The summed E-state index contributed by atoms with van der Waals surface area (Å²) >= 11 is 14.3. The van der Waals surface area contributed by atoms with Crippen LogP contribution < -0.4 is 5.32 Å². The lowest BCUT2D eigenvalue weighted by molar-refractivity contribution is -0.160. The normalized spacial score (nSPS) is 20.3. The predicted octanol–water partition coefficient (Wildman–Crippen LogP) is 7.73. The molecule has 3 rings (SSSR count). The lowest BCUT2D eigenvalue weighted by atomic mass is 9.96. The van der Waals surface area contributed by atoms with E-state index in [0.29, 0.717) is 30.7 Å². The van der Waals surface area contributed by atoms with Crippen molar-refractivity contribution < 1.29 is 52.5 Å². The number of ether oxygens (including phenoxy) is 5. The number of rotatable bonds is 15. The maximum Gasteiger partial charge on any atom is 0.362 e. The van der Waals surface area contributed by atoms with Crippen LogP contribution in [-0.4, -0.2) is 68.3 Å². The fourth-order valence-corrected chi connectivity index (χ4v) is 7.47. The van der Waals surface area contributed by atoms with Crippen molar-refractivity contribution in [3.8, 4) is 0 Å². The molecular weight excluding hydrogens is 797 g/mol. The summed E-state index contributed by atoms with van der Waals surface area (Å²) in [5, 5.41) is 5.95. The Kier molecular flexibility index (Phi) is 17.5. The van der Waals surface area contributed by atoms with E-state index >= 15 is 0 Å². The summed E-state index contributed by atoms with van der Waals surface area (Å²) in [4.78, 5) is 87.2. The molecule has 0 spiro atoms. The number of halogens is 2. The van der Waals surface area contributed by atoms with Gasteiger partial charge in [-0.2, -0.15) is 0 Å². The monoisotopic (exact) mass is 845 g/mol. The minimum atomic E-state index is -1.10. The number of nitrogens with zero attached hydrogens (tertiary/aromatic N) is 2. The number of fused-ring (bicyclic) bond motifs is 4. The minimum Gasteiger partial charge on any atom is -0.460 e. The van der Waals surface area contributed by atoms with Crippen LogP contribution >= 0.6 is 45.9 Å². The van der Waals surface area contributed by atoms with Crippen LogP contribution in [0.5, 0.6) is 0 Å². The van der Waals surface area contributed by atoms with E-state index in [-0.39, 0.29) is 52.7 Å². The summed E-state index contributed by atoms with van der Waals surface area (Å²) < 4.78 is 27.2. The molecule has 2 aromatic heterocycles. The zero-order chi connectivity index (χ0) is 41.0. The first-order valence-electron chi connectivity index (χ1n) is 18.1. The van der Waals surface area contributed by atoms with Crippen LogP contribution in [0.15, 0.2) is 17.0 Å². The summed E-state index contributed by atoms with van der Waals surface area (Å²) in [6.45, 7) is 13.7. The van der Waals surface area contributed by atoms with Crippen molar-refractivity contribution in [2.75, 3.05) is 0 Å². The van der Waals surface area contributed by atoms with E-state index in [9.17, 15) is 28.8 Å². The van der Waals surface area contributed by atoms with Crippen molar-refractivity contribution in [3.05, 3.63) is 38.4 Å². The second-order valence-corrected chi connectivity index (χ2v) is 17.8. The van der Waals surface area contributed by atoms with E-state index in [1.165, 1.54) is 17.7 Å². The van der Waals surface area contributed by atoms with E-state index in [1.807, 2.05) is 34.6 Å². The lowest BCUT2D eigenvalue weighted by Crippen LogP contribution is -2.46. The number of thiazole rings is 2. The average Bonchev–Trinajstić information content (AvgIpc) is 3.77. The summed E-state index contributed by atoms with van der Waals surface area (Å²) in [5.74, 6) is -5.77. The van der Waals surface area contributed by atoms with Gasteiger partial charge in [-0.1, -0.05) is 34.6 Å². The number of hydrogen-bond donors (Lipinski definition) is 1. The van der Waals surface area contributed by atoms with Crippen molar-refractivity contribution in [1.29, 1.82) is 0 Å². The fraction of sp³-hybridized carbons (Fsp3) is 0.622. The Balaban J connectivity index is 2.02. The van der Waals surface area contributed by atoms with Gasteiger partial charge in [-0.05, 0) is 57.8 Å². The van der Waals surface area contributed by atoms with Gasteiger partial charge in [0.25, 0.3) is 0 Å². The van der Waals surface area contributed by atoms with Crippen molar-refractivity contribution in [2.45, 2.75) is 129 Å². The largest absolute Gasteiger partial charge is 0.460 e. The molecule has 1 unspecified atom stereocenters. The molecule has 0 aromatic carbocycles. The molecule has 0 saturated carbocycles. The molecule has 1 aliphatic rings. The van der Waals surface area contributed by atoms with Gasteiger partial charge in [-0.15, -0.1) is 45.9 Å². The van der Waals surface area contributed by atoms with Crippen molar-refractivity contribution in [2.24, 2.45) is 17.8 Å². The molecule has 5 atom stereocenters. The van der Waals surface area contributed by atoms with Gasteiger partial charge < -0.3 is 29.0 Å². The number of hydrogen-bond acceptors (Lipinski definition) is 15. The number of esters is 5. The second-order valence-electron chi connectivity index (χ2n) is 14.2. The molecular formula is C37H49Cl2N3O11S2. The molecule has 4 bridgehead atoms. The van der Waals surface area contributed by atoms with Crippen molar-refractivity contribution >= 4 is 87.4 Å². The van der Waals surface area contributed by atoms with E-state index in [0.717, 1.165) is 28.9 Å². The van der Waals surface area contributed by atoms with Crippen LogP contribution in [0.4, 0.5) is 0 Å². The van der Waals surface area contributed by atoms with Crippen LogP contribution in [0.3, 0.4) is 0 Å². The van der Waals surface area contributed by atoms with Crippen molar-refractivity contribution in [3.63, 3.8) is 0 Å². The highest BCUT2D eigenvalue weighted by Gasteiger charge is 2.35. The van der Waals surface area contributed by atoms with Gasteiger partial charge in [0, 0.05) is 24.1 Å². The first kappa shape index (κ1) is 45.8. The maximum atomic E-state index is 13.5. The summed E-state index contributed by atoms with van der Waals surface area (Å²) in [5.41, 5.74) is -0.281. The van der Waals surface area contributed by atoms with Crippen LogP contribution in [0.25, 0.3) is 5.76 Å². The molecule has 1 amide bonds. The number of aromatic nitrogens is 2. The smallest absolute Gasteiger partial charge is 0.362 e. The Morgan fingerprint density at radius 3 is 2.31 bits per heavy atom. The molecule has 3 heterocycles. The Hall–Kier alpha value is -3.60. The number of nitrogens with one attached hydrogen (secondary N) is 1. The molecule has 0 fully saturated rings. The van der Waals surface area contributed by atoms with Gasteiger partial charge in [-0.3, -0.25) is 19.2 Å². The van der Waals surface area contributed by atoms with Gasteiger partial charge in [-0.25, -0.2) is 19.6 Å². The fourth-order valence-electron chi connectivity index (χ4n) is 5.48. The molecule has 55 heavy (non-hydrogen) atoms. The number of amides is 1. The molecule has 2 aromatic rings. The van der Waals surface area contributed by atoms with Crippen LogP contribution in [0, 0.1) is 17.8 Å². The first-order chi connectivity index (χ1) is 25.8. The van der Waals surface area contributed by atoms with Gasteiger partial charge in [0.2, 0.25) is 11.7 Å². The highest BCUT2D eigenvalue weighted by molar-refractivity contribution is 7.11. The zero-order valence-corrected chi connectivity index (χ0v) is 35.3. The standard InChI is InChI=1S/C37H49Cl2N3O11S2/c1-9-11-29(44)40-23(14-19(2)3)27(50-22(7)43)15-30(45)51-28-16-49-35(47)24-17-55-33(42-24)31(20(4)5)53-34(46)21(6)26(12-10-13-37(8,38)39)52-36(48)25-18-54-32(28)41-25/h16-21,23,26-27,31H,9-15H2,1-8H3,(H,40,44)/b28-16-/t21-,23-,26-,27+,31?/m0/s1. The topological polar surface area (TPSA) is 186 Å². The summed E-state index contributed by atoms with van der Waals surface area (Å²) in [7, 11) is 0. The Morgan fingerprint density at radius 2 is 1.69 bits per heavy atom. The molecule has 0 radical (unpaired) electrons. The highest BCUT2D eigenvalue weighted by Crippen LogP contribution is 2.33. The Morgan fingerprint density at radius 1 is 1.02 bits per heavy atom. The molecule has 1 aliphatic heterocycles. The molecule has 18 heteroatoms. The summed E-state index contributed by atoms with van der Waals surface area (Å²) in [6, 6.07) is -0.716. The minimum absolute atomic E-state index is 0.0423. The number of cyclic esters (lactones) is 3. The second kappa shape index (κ2) is 21.1. The van der Waals surface area contributed by atoms with Gasteiger partial charge in [0.1, 0.15) is 27.8 Å². The van der Waals surface area contributed by atoms with E-state index in [1.54, 1.807) is 13.8 Å². The number of alkyl halides is 2. The highest BCUT2D eigenvalue weighted by atomic mass is 35.5. The third-order valence-electron chi connectivity index (χ3n) is 8.22. The lowest BCUT2D eigenvalue weighted by Gasteiger charge is -2.28. The van der Waals surface area contributed by atoms with Gasteiger partial charge in [0.15, 0.2) is 22.5 Å². The zero-order valence-electron chi connectivity index (χ0n) is 32.2. The van der Waals surface area contributed by atoms with Crippen LogP contribution in [0.1, 0.15) is 137 Å². The van der Waals surface area contributed by atoms with Gasteiger partial charge >= 0.3 is 29.8 Å². The van der Waals surface area contributed by atoms with Crippen molar-refractivity contribution in [1.82, 2.24) is 15.3 Å². The molecule has 1 N–H and O–H groups in total. The molecule has 304 valence electrons. The molecule has 0 saturated heterocycles. The number of carbonyl (C=O) groups excluding carboxylic acids is 6. The quantitative estimate of drug-likeness (QED) is 0.104. The maximum absolute atomic E-state index is 13.5. The van der Waals surface area contributed by atoms with Crippen LogP contribution in [0.2, 0.25) is 0 Å². The first-order valence-corrected chi connectivity index (χ1v) is 20.6. The molecule has 0 aliphatic carbocycles. The third kappa shape index (κ3) is 14.8. The number of carbonyl (C=O) groups is 6. The third-order valence-corrected chi connectivity index (χ3v) is 10.4. The van der Waals surface area contributed by atoms with E-state index < -0.39 is 70.9 Å². The predicted molar refractivity (Wildman–Crippen MR) is 206 cm³/mol. The Bertz CT molecular complexity index is 1700. The SMILES string of the molecule is CCCC(=O)N[C@@H](CC(C)C)[C@@H](CC(=O)O/C1=C\OC(=O)c2csc(n2)C(C(C)C)OC(=O)[C@@H](C)[C@H](CCCC(C)(Cl)Cl)OC(=O)c2csc1n2)OC(C)=O. The van der Waals surface area contributed by atoms with E-state index in [2.05, 4.69) is 15.3 Å². The van der Waals surface area contributed by atoms with Crippen LogP contribution in [-0.2, 0) is 42.9 Å². The summed E-state index contributed by atoms with van der Waals surface area (Å²) in [6.07, 6.45) is -0.359. The van der Waals surface area contributed by atoms with E-state index in [4.69, 9.17) is 46.9 Å². The van der Waals surface area contributed by atoms with Gasteiger partial charge in [0.05, 0.1) is 18.4 Å². The molecule has 14 nitrogen and oxygen atoms in total. The average molecular weight is 847 g/mol.